The van der Waals surface area contributed by atoms with Gasteiger partial charge in [-0.25, -0.2) is 0 Å². The zero-order valence-electron chi connectivity index (χ0n) is 54.8. The van der Waals surface area contributed by atoms with Crippen molar-refractivity contribution in [3.05, 3.63) is 349 Å². The SMILES string of the molecule is CC1(C)c2ccc(-c3c4ccccc4c(-c4cc5ccc(CC6(C)c7ccc(-c8c9ccccc9c(-c9cccc%10c9ccc9cc%11ccccc%11cc9%10)c9ccccc89)cc7-c7c6ccc6ccccc76)cc5c5ccccc45)c4ccccc34)cc2-c2c1ccc1ccccc21. The minimum Gasteiger partial charge on any atom is -0.0616 e. The summed E-state index contributed by atoms with van der Waals surface area (Å²) in [7, 11) is 0. The van der Waals surface area contributed by atoms with Gasteiger partial charge in [-0.15, -0.1) is 0 Å². The molecule has 0 amide bonds. The molecule has 0 saturated heterocycles. The highest BCUT2D eigenvalue weighted by Gasteiger charge is 2.41. The summed E-state index contributed by atoms with van der Waals surface area (Å²) < 4.78 is 0. The first-order valence-electron chi connectivity index (χ1n) is 34.7. The van der Waals surface area contributed by atoms with E-state index in [0.717, 1.165) is 6.42 Å². The van der Waals surface area contributed by atoms with Crippen molar-refractivity contribution in [2.24, 2.45) is 0 Å². The van der Waals surface area contributed by atoms with Crippen molar-refractivity contribution >= 4 is 118 Å². The third kappa shape index (κ3) is 7.77. The number of rotatable bonds is 6. The molecule has 2 aliphatic rings. The molecular weight excluding hydrogens is 1180 g/mol. The Morgan fingerprint density at radius 2 is 0.582 bits per heavy atom. The maximum atomic E-state index is 2.55. The Labute approximate surface area is 569 Å². The van der Waals surface area contributed by atoms with Gasteiger partial charge in [0, 0.05) is 10.8 Å². The van der Waals surface area contributed by atoms with Crippen molar-refractivity contribution in [1.29, 1.82) is 0 Å². The van der Waals surface area contributed by atoms with Crippen LogP contribution in [0.4, 0.5) is 0 Å². The van der Waals surface area contributed by atoms with E-state index in [4.69, 9.17) is 0 Å². The van der Waals surface area contributed by atoms with Gasteiger partial charge in [0.1, 0.15) is 0 Å². The van der Waals surface area contributed by atoms with E-state index in [9.17, 15) is 0 Å². The molecule has 1 atom stereocenters. The molecule has 2 aliphatic carbocycles. The van der Waals surface area contributed by atoms with Gasteiger partial charge in [-0.2, -0.15) is 0 Å². The Kier molecular flexibility index (Phi) is 11.6. The van der Waals surface area contributed by atoms with Crippen LogP contribution in [0, 0.1) is 0 Å². The topological polar surface area (TPSA) is 0 Å². The monoisotopic (exact) mass is 1240 g/mol. The largest absolute Gasteiger partial charge is 0.0616 e. The van der Waals surface area contributed by atoms with Gasteiger partial charge in [0.2, 0.25) is 0 Å². The van der Waals surface area contributed by atoms with Crippen LogP contribution in [0.2, 0.25) is 0 Å². The third-order valence-corrected chi connectivity index (χ3v) is 23.2. The smallest absolute Gasteiger partial charge is 0.0227 e. The predicted molar refractivity (Wildman–Crippen MR) is 420 cm³/mol. The fourth-order valence-electron chi connectivity index (χ4n) is 18.8. The molecule has 0 heteroatoms. The summed E-state index contributed by atoms with van der Waals surface area (Å²) >= 11 is 0. The van der Waals surface area contributed by atoms with Gasteiger partial charge in [-0.3, -0.25) is 0 Å². The summed E-state index contributed by atoms with van der Waals surface area (Å²) in [6.07, 6.45) is 0.840. The molecule has 0 aromatic heterocycles. The fourth-order valence-corrected chi connectivity index (χ4v) is 18.8. The number of hydrogen-bond donors (Lipinski definition) is 0. The Morgan fingerprint density at radius 3 is 1.16 bits per heavy atom. The lowest BCUT2D eigenvalue weighted by molar-refractivity contribution is 0.584. The lowest BCUT2D eigenvalue weighted by atomic mass is 9.74. The lowest BCUT2D eigenvalue weighted by Crippen LogP contribution is -2.24. The molecule has 0 spiro atoms. The molecular formula is C98H64. The summed E-state index contributed by atoms with van der Waals surface area (Å²) in [5, 5.41) is 27.9. The molecule has 0 saturated carbocycles. The van der Waals surface area contributed by atoms with Gasteiger partial charge in [0.05, 0.1) is 0 Å². The molecule has 0 radical (unpaired) electrons. The third-order valence-electron chi connectivity index (χ3n) is 23.2. The zero-order chi connectivity index (χ0) is 64.7. The minimum absolute atomic E-state index is 0.110. The summed E-state index contributed by atoms with van der Waals surface area (Å²) in [5.41, 5.74) is 21.9. The van der Waals surface area contributed by atoms with Crippen LogP contribution in [-0.2, 0) is 17.3 Å². The van der Waals surface area contributed by atoms with Crippen LogP contribution in [0.3, 0.4) is 0 Å². The molecule has 19 aromatic rings. The van der Waals surface area contributed by atoms with Crippen LogP contribution in [0.25, 0.3) is 185 Å². The standard InChI is InChI=1S/C98H64/c1-97(2)87-47-44-65(55-85(87)95-67-25-8-6-21-59(67)42-49-89(95)97)91-76-31-14-18-35-80(76)94(81-36-19-15-32-77(81)91)84-54-64-40-39-58(51-82(64)69-27-10-11-28-71(69)84)57-98(3)88-48-45-66(56-86(88)96-68-26-9-7-22-60(68)43-50-90(96)98)92-74-29-12-16-33-78(74)93(79-34-17-13-30-75(79)92)73-38-20-37-70-72(73)46-41-63-52-61-23-4-5-24-62(61)53-83(63)70/h4-56H,57H2,1-3H3. The second kappa shape index (κ2) is 20.5. The highest BCUT2D eigenvalue weighted by Crippen LogP contribution is 2.57. The van der Waals surface area contributed by atoms with E-state index < -0.39 is 0 Å². The molecule has 0 heterocycles. The first-order chi connectivity index (χ1) is 48.2. The number of hydrogen-bond acceptors (Lipinski definition) is 0. The highest BCUT2D eigenvalue weighted by atomic mass is 14.4. The van der Waals surface area contributed by atoms with E-state index in [2.05, 4.69) is 342 Å². The Hall–Kier alpha value is -12.0. The quantitative estimate of drug-likeness (QED) is 0.115. The Bertz CT molecular complexity index is 6640. The minimum atomic E-state index is -0.332. The van der Waals surface area contributed by atoms with Crippen molar-refractivity contribution in [2.75, 3.05) is 0 Å². The maximum Gasteiger partial charge on any atom is 0.0227 e. The molecule has 1 unspecified atom stereocenters. The van der Waals surface area contributed by atoms with Crippen LogP contribution in [0.5, 0.6) is 0 Å². The summed E-state index contributed by atoms with van der Waals surface area (Å²) in [6, 6.07) is 123. The van der Waals surface area contributed by atoms with E-state index in [1.54, 1.807) is 0 Å². The van der Waals surface area contributed by atoms with Gasteiger partial charge >= 0.3 is 0 Å². The maximum absolute atomic E-state index is 2.55. The van der Waals surface area contributed by atoms with Crippen LogP contribution in [0.15, 0.2) is 322 Å². The van der Waals surface area contributed by atoms with E-state index in [1.807, 2.05) is 0 Å². The van der Waals surface area contributed by atoms with E-state index >= 15 is 0 Å². The Morgan fingerprint density at radius 1 is 0.194 bits per heavy atom. The van der Waals surface area contributed by atoms with Gasteiger partial charge in [0.15, 0.2) is 0 Å². The average Bonchev–Trinajstić information content (AvgIpc) is 1.40. The van der Waals surface area contributed by atoms with Crippen molar-refractivity contribution in [3.8, 4) is 66.8 Å². The number of fused-ring (bicyclic) bond motifs is 21. The van der Waals surface area contributed by atoms with Gasteiger partial charge in [-0.1, -0.05) is 312 Å². The highest BCUT2D eigenvalue weighted by molar-refractivity contribution is 6.28. The van der Waals surface area contributed by atoms with Crippen molar-refractivity contribution in [3.63, 3.8) is 0 Å². The van der Waals surface area contributed by atoms with Crippen LogP contribution in [-0.4, -0.2) is 0 Å². The molecule has 0 fully saturated rings. The molecule has 0 nitrogen and oxygen atoms in total. The van der Waals surface area contributed by atoms with Crippen LogP contribution < -0.4 is 0 Å². The second-order valence-electron chi connectivity index (χ2n) is 28.7. The second-order valence-corrected chi connectivity index (χ2v) is 28.7. The normalized spacial score (nSPS) is 14.6. The molecule has 0 bridgehead atoms. The summed E-state index contributed by atoms with van der Waals surface area (Å²) in [6.45, 7) is 7.29. The first kappa shape index (κ1) is 55.3. The van der Waals surface area contributed by atoms with E-state index in [-0.39, 0.29) is 10.8 Å². The first-order valence-corrected chi connectivity index (χ1v) is 34.7. The predicted octanol–water partition coefficient (Wildman–Crippen LogP) is 26.9. The molecule has 19 aromatic carbocycles. The van der Waals surface area contributed by atoms with E-state index in [0.29, 0.717) is 0 Å². The van der Waals surface area contributed by atoms with Gasteiger partial charge in [0.25, 0.3) is 0 Å². The average molecular weight is 1240 g/mol. The van der Waals surface area contributed by atoms with E-state index in [1.165, 1.54) is 213 Å². The van der Waals surface area contributed by atoms with Gasteiger partial charge in [-0.05, 0) is 250 Å². The van der Waals surface area contributed by atoms with Crippen molar-refractivity contribution in [1.82, 2.24) is 0 Å². The Balaban J connectivity index is 0.702. The summed E-state index contributed by atoms with van der Waals surface area (Å²) in [5.74, 6) is 0. The van der Waals surface area contributed by atoms with Crippen molar-refractivity contribution in [2.45, 2.75) is 38.0 Å². The molecule has 0 N–H and O–H groups in total. The van der Waals surface area contributed by atoms with Crippen molar-refractivity contribution < 1.29 is 0 Å². The molecule has 21 rings (SSSR count). The zero-order valence-corrected chi connectivity index (χ0v) is 54.8. The molecule has 456 valence electrons. The molecule has 98 heavy (non-hydrogen) atoms. The van der Waals surface area contributed by atoms with Crippen LogP contribution in [0.1, 0.15) is 48.6 Å². The molecule has 0 aliphatic heterocycles. The van der Waals surface area contributed by atoms with Gasteiger partial charge < -0.3 is 0 Å². The number of benzene rings is 19. The summed E-state index contributed by atoms with van der Waals surface area (Å²) in [4.78, 5) is 0. The lowest BCUT2D eigenvalue weighted by Gasteiger charge is -2.28. The van der Waals surface area contributed by atoms with Crippen LogP contribution >= 0.6 is 0 Å². The fraction of sp³-hybridized carbons (Fsp3) is 0.0612.